The van der Waals surface area contributed by atoms with Crippen molar-refractivity contribution in [2.24, 2.45) is 0 Å². The summed E-state index contributed by atoms with van der Waals surface area (Å²) in [6, 6.07) is 8.10. The second kappa shape index (κ2) is 5.42. The van der Waals surface area contributed by atoms with Crippen LogP contribution in [-0.4, -0.2) is 20.1 Å². The van der Waals surface area contributed by atoms with Crippen LogP contribution in [0.2, 0.25) is 0 Å². The van der Waals surface area contributed by atoms with Gasteiger partial charge in [0.05, 0.1) is 18.8 Å². The average Bonchev–Trinajstić information content (AvgIpc) is 2.74. The summed E-state index contributed by atoms with van der Waals surface area (Å²) in [7, 11) is 0. The van der Waals surface area contributed by atoms with Gasteiger partial charge in [-0.2, -0.15) is 0 Å². The summed E-state index contributed by atoms with van der Waals surface area (Å²) in [5, 5.41) is 17.2. The molecule has 2 rings (SSSR count). The molecule has 5 heteroatoms. The van der Waals surface area contributed by atoms with Crippen LogP contribution >= 0.6 is 15.9 Å². The standard InChI is InChI=1S/C12H14BrN3O/c1-2-12-11(8-17)14-15-16(12)7-9-3-5-10(13)6-4-9/h3-6,17H,2,7-8H2,1H3. The highest BCUT2D eigenvalue weighted by molar-refractivity contribution is 9.10. The first kappa shape index (κ1) is 12.3. The van der Waals surface area contributed by atoms with E-state index >= 15 is 0 Å². The maximum Gasteiger partial charge on any atom is 0.111 e. The molecule has 90 valence electrons. The largest absolute Gasteiger partial charge is 0.390 e. The van der Waals surface area contributed by atoms with Gasteiger partial charge in [0.25, 0.3) is 0 Å². The van der Waals surface area contributed by atoms with Crippen molar-refractivity contribution in [1.82, 2.24) is 15.0 Å². The zero-order chi connectivity index (χ0) is 12.3. The van der Waals surface area contributed by atoms with E-state index in [0.29, 0.717) is 12.2 Å². The fourth-order valence-corrected chi connectivity index (χ4v) is 2.03. The monoisotopic (exact) mass is 295 g/mol. The maximum absolute atomic E-state index is 9.14. The van der Waals surface area contributed by atoms with Gasteiger partial charge in [-0.25, -0.2) is 4.68 Å². The molecule has 0 radical (unpaired) electrons. The van der Waals surface area contributed by atoms with Crippen LogP contribution in [0.4, 0.5) is 0 Å². The SMILES string of the molecule is CCc1c(CO)nnn1Cc1ccc(Br)cc1. The molecule has 0 spiro atoms. The number of nitrogens with zero attached hydrogens (tertiary/aromatic N) is 3. The number of hydrogen-bond donors (Lipinski definition) is 1. The first-order valence-corrected chi connectivity index (χ1v) is 6.30. The molecule has 17 heavy (non-hydrogen) atoms. The van der Waals surface area contributed by atoms with E-state index in [1.165, 1.54) is 0 Å². The van der Waals surface area contributed by atoms with Crippen LogP contribution < -0.4 is 0 Å². The first-order valence-electron chi connectivity index (χ1n) is 5.51. The van der Waals surface area contributed by atoms with E-state index < -0.39 is 0 Å². The van der Waals surface area contributed by atoms with Crippen molar-refractivity contribution in [1.29, 1.82) is 0 Å². The van der Waals surface area contributed by atoms with E-state index in [1.54, 1.807) is 0 Å². The lowest BCUT2D eigenvalue weighted by Crippen LogP contribution is -2.06. The van der Waals surface area contributed by atoms with Crippen LogP contribution in [0.25, 0.3) is 0 Å². The van der Waals surface area contributed by atoms with Gasteiger partial charge in [-0.1, -0.05) is 40.2 Å². The topological polar surface area (TPSA) is 50.9 Å². The second-order valence-corrected chi connectivity index (χ2v) is 4.69. The van der Waals surface area contributed by atoms with Crippen molar-refractivity contribution in [2.45, 2.75) is 26.5 Å². The Bertz CT molecular complexity index is 493. The summed E-state index contributed by atoms with van der Waals surface area (Å²) < 4.78 is 2.90. The van der Waals surface area contributed by atoms with Gasteiger partial charge in [-0.15, -0.1) is 5.10 Å². The molecule has 1 N–H and O–H groups in total. The molecule has 0 saturated carbocycles. The van der Waals surface area contributed by atoms with Crippen LogP contribution in [0.15, 0.2) is 28.7 Å². The molecule has 0 aliphatic heterocycles. The molecule has 4 nitrogen and oxygen atoms in total. The number of aliphatic hydroxyl groups excluding tert-OH is 1. The molecular formula is C12H14BrN3O. The lowest BCUT2D eigenvalue weighted by atomic mass is 10.2. The molecule has 1 aromatic heterocycles. The van der Waals surface area contributed by atoms with E-state index in [4.69, 9.17) is 5.11 Å². The molecule has 0 aliphatic carbocycles. The van der Waals surface area contributed by atoms with Gasteiger partial charge in [0, 0.05) is 4.47 Å². The van der Waals surface area contributed by atoms with E-state index in [9.17, 15) is 0 Å². The Balaban J connectivity index is 2.23. The van der Waals surface area contributed by atoms with Crippen LogP contribution in [0.5, 0.6) is 0 Å². The van der Waals surface area contributed by atoms with E-state index in [1.807, 2.05) is 35.9 Å². The number of rotatable bonds is 4. The Morgan fingerprint density at radius 1 is 1.29 bits per heavy atom. The lowest BCUT2D eigenvalue weighted by molar-refractivity contribution is 0.275. The summed E-state index contributed by atoms with van der Waals surface area (Å²) >= 11 is 3.41. The number of benzene rings is 1. The smallest absolute Gasteiger partial charge is 0.111 e. The minimum atomic E-state index is -0.0521. The quantitative estimate of drug-likeness (QED) is 0.940. The van der Waals surface area contributed by atoms with Crippen molar-refractivity contribution >= 4 is 15.9 Å². The Hall–Kier alpha value is -1.20. The Morgan fingerprint density at radius 3 is 2.59 bits per heavy atom. The van der Waals surface area contributed by atoms with Gasteiger partial charge in [0.2, 0.25) is 0 Å². The molecule has 1 heterocycles. The fraction of sp³-hybridized carbons (Fsp3) is 0.333. The van der Waals surface area contributed by atoms with E-state index in [0.717, 1.165) is 22.2 Å². The third-order valence-electron chi connectivity index (χ3n) is 2.65. The molecule has 0 bridgehead atoms. The molecule has 0 fully saturated rings. The molecule has 0 atom stereocenters. The van der Waals surface area contributed by atoms with Crippen LogP contribution in [-0.2, 0) is 19.6 Å². The molecule has 0 aliphatic rings. The summed E-state index contributed by atoms with van der Waals surface area (Å²) in [4.78, 5) is 0. The van der Waals surface area contributed by atoms with Crippen LogP contribution in [0.1, 0.15) is 23.9 Å². The highest BCUT2D eigenvalue weighted by Crippen LogP contribution is 2.13. The highest BCUT2D eigenvalue weighted by Gasteiger charge is 2.10. The zero-order valence-corrected chi connectivity index (χ0v) is 11.2. The average molecular weight is 296 g/mol. The number of halogens is 1. The molecule has 0 amide bonds. The van der Waals surface area contributed by atoms with Gasteiger partial charge in [0.1, 0.15) is 5.69 Å². The first-order chi connectivity index (χ1) is 8.24. The molecule has 0 unspecified atom stereocenters. The Labute approximate surface area is 108 Å². The van der Waals surface area contributed by atoms with Crippen molar-refractivity contribution < 1.29 is 5.11 Å². The molecule has 1 aromatic carbocycles. The van der Waals surface area contributed by atoms with Crippen molar-refractivity contribution in [2.75, 3.05) is 0 Å². The van der Waals surface area contributed by atoms with Crippen molar-refractivity contribution in [3.8, 4) is 0 Å². The maximum atomic E-state index is 9.14. The number of aromatic nitrogens is 3. The zero-order valence-electron chi connectivity index (χ0n) is 9.60. The number of hydrogen-bond acceptors (Lipinski definition) is 3. The summed E-state index contributed by atoms with van der Waals surface area (Å²) in [6.45, 7) is 2.67. The fourth-order valence-electron chi connectivity index (χ4n) is 1.77. The van der Waals surface area contributed by atoms with Gasteiger partial charge in [-0.05, 0) is 24.1 Å². The minimum Gasteiger partial charge on any atom is -0.390 e. The van der Waals surface area contributed by atoms with E-state index in [2.05, 4.69) is 26.2 Å². The van der Waals surface area contributed by atoms with Crippen molar-refractivity contribution in [3.63, 3.8) is 0 Å². The third kappa shape index (κ3) is 2.73. The van der Waals surface area contributed by atoms with Gasteiger partial charge < -0.3 is 5.11 Å². The third-order valence-corrected chi connectivity index (χ3v) is 3.18. The summed E-state index contributed by atoms with van der Waals surface area (Å²) in [5.74, 6) is 0. The predicted octanol–water partition coefficient (Wildman–Crippen LogP) is 2.14. The van der Waals surface area contributed by atoms with E-state index in [-0.39, 0.29) is 6.61 Å². The number of aliphatic hydroxyl groups is 1. The highest BCUT2D eigenvalue weighted by atomic mass is 79.9. The normalized spacial score (nSPS) is 10.8. The van der Waals surface area contributed by atoms with Gasteiger partial charge in [0.15, 0.2) is 0 Å². The van der Waals surface area contributed by atoms with Gasteiger partial charge in [-0.3, -0.25) is 0 Å². The Morgan fingerprint density at radius 2 is 2.00 bits per heavy atom. The van der Waals surface area contributed by atoms with Crippen molar-refractivity contribution in [3.05, 3.63) is 45.7 Å². The molecule has 0 saturated heterocycles. The summed E-state index contributed by atoms with van der Waals surface area (Å²) in [6.07, 6.45) is 0.819. The van der Waals surface area contributed by atoms with Gasteiger partial charge >= 0.3 is 0 Å². The summed E-state index contributed by atoms with van der Waals surface area (Å²) in [5.41, 5.74) is 2.83. The molecule has 2 aromatic rings. The lowest BCUT2D eigenvalue weighted by Gasteiger charge is -2.05. The molecular weight excluding hydrogens is 282 g/mol. The predicted molar refractivity (Wildman–Crippen MR) is 68.6 cm³/mol. The minimum absolute atomic E-state index is 0.0521. The van der Waals surface area contributed by atoms with Crippen LogP contribution in [0, 0.1) is 0 Å². The van der Waals surface area contributed by atoms with Crippen LogP contribution in [0.3, 0.4) is 0 Å². The second-order valence-electron chi connectivity index (χ2n) is 3.78. The Kier molecular flexibility index (Phi) is 3.91.